The Hall–Kier alpha value is -1.39. The largest absolute Gasteiger partial charge is 0.120 e. The summed E-state index contributed by atoms with van der Waals surface area (Å²) in [6.45, 7) is 4.78. The van der Waals surface area contributed by atoms with Crippen molar-refractivity contribution in [3.05, 3.63) is 23.2 Å². The van der Waals surface area contributed by atoms with Gasteiger partial charge in [0.1, 0.15) is 0 Å². The van der Waals surface area contributed by atoms with E-state index in [1.807, 2.05) is 0 Å². The van der Waals surface area contributed by atoms with Crippen LogP contribution in [-0.2, 0) is 0 Å². The summed E-state index contributed by atoms with van der Waals surface area (Å²) in [5.74, 6) is 2.25. The van der Waals surface area contributed by atoms with Gasteiger partial charge < -0.3 is 0 Å². The second-order valence-electron chi connectivity index (χ2n) is 0.676. The second-order valence-corrected chi connectivity index (χ2v) is 0.676. The lowest BCUT2D eigenvalue weighted by Gasteiger charge is -1.45. The first-order valence-electron chi connectivity index (χ1n) is 1.86. The summed E-state index contributed by atoms with van der Waals surface area (Å²) in [6, 6.07) is 0. The van der Waals surface area contributed by atoms with Crippen LogP contribution in [0.4, 0.5) is 0 Å². The van der Waals surface area contributed by atoms with Crippen LogP contribution < -0.4 is 0 Å². The van der Waals surface area contributed by atoms with E-state index in [0.29, 0.717) is 0 Å². The molecule has 0 aromatic rings. The van der Waals surface area contributed by atoms with Crippen LogP contribution in [0.2, 0.25) is 0 Å². The van der Waals surface area contributed by atoms with E-state index < -0.39 is 0 Å². The highest BCUT2D eigenvalue weighted by atomic mass is 15.1. The Labute approximate surface area is 48.6 Å². The van der Waals surface area contributed by atoms with Crippen LogP contribution in [0.25, 0.3) is 10.4 Å². The number of rotatable bonds is 1. The Bertz CT molecular complexity index is 125. The highest BCUT2D eigenvalue weighted by Gasteiger charge is 1.38. The van der Waals surface area contributed by atoms with Crippen molar-refractivity contribution in [2.24, 2.45) is 5.11 Å². The van der Waals surface area contributed by atoms with E-state index in [9.17, 15) is 0 Å². The van der Waals surface area contributed by atoms with Crippen molar-refractivity contribution in [1.82, 2.24) is 0 Å². The first kappa shape index (κ1) is 9.79. The third kappa shape index (κ3) is 161. The predicted molar refractivity (Wildman–Crippen MR) is 33.8 cm³/mol. The fourth-order valence-corrected chi connectivity index (χ4v) is 0.0365. The predicted octanol–water partition coefficient (Wildman–Crippen LogP) is 2.08. The molecule has 0 fully saturated rings. The molecule has 0 saturated heterocycles. The van der Waals surface area contributed by atoms with E-state index in [1.54, 1.807) is 6.92 Å². The molecule has 0 saturated carbocycles. The lowest BCUT2D eigenvalue weighted by atomic mass is 10.9. The molecule has 3 nitrogen and oxygen atoms in total. The summed E-state index contributed by atoms with van der Waals surface area (Å²) in [5, 5.41) is 2.92. The Morgan fingerprint density at radius 1 is 2.00 bits per heavy atom. The van der Waals surface area contributed by atoms with Gasteiger partial charge in [0.05, 0.1) is 0 Å². The van der Waals surface area contributed by atoms with Gasteiger partial charge in [-0.15, -0.1) is 12.3 Å². The smallest absolute Gasteiger partial charge is 0.00473 e. The minimum atomic E-state index is 1.14. The van der Waals surface area contributed by atoms with Gasteiger partial charge in [0.2, 0.25) is 0 Å². The lowest BCUT2D eigenvalue weighted by molar-refractivity contribution is 1.53. The maximum Gasteiger partial charge on any atom is 0.00473 e. The van der Waals surface area contributed by atoms with E-state index in [-0.39, 0.29) is 0 Å². The molecule has 0 radical (unpaired) electrons. The molecule has 0 aromatic heterocycles. The zero-order valence-electron chi connectivity index (χ0n) is 4.70. The van der Waals surface area contributed by atoms with Crippen LogP contribution in [0.5, 0.6) is 0 Å². The molecule has 0 heterocycles. The maximum absolute atomic E-state index is 7.45. The zero-order chi connectivity index (χ0) is 6.83. The average molecular weight is 109 g/mol. The summed E-state index contributed by atoms with van der Waals surface area (Å²) >= 11 is 0. The van der Waals surface area contributed by atoms with Gasteiger partial charge in [-0.2, -0.15) is 0 Å². The molecule has 0 unspecified atom stereocenters. The zero-order valence-corrected chi connectivity index (χ0v) is 4.70. The molecule has 0 N–H and O–H groups in total. The van der Waals surface area contributed by atoms with Crippen molar-refractivity contribution in [3.8, 4) is 12.3 Å². The standard InChI is InChI=1S/C3H4.C2H3N3/c1-3-2;1-2-4-5-3/h1H,2H3;2H,1H2. The van der Waals surface area contributed by atoms with Gasteiger partial charge in [-0.3, -0.25) is 0 Å². The summed E-state index contributed by atoms with van der Waals surface area (Å²) in [6.07, 6.45) is 5.74. The van der Waals surface area contributed by atoms with E-state index >= 15 is 0 Å². The van der Waals surface area contributed by atoms with E-state index in [0.717, 1.165) is 6.20 Å². The second kappa shape index (κ2) is 17.5. The van der Waals surface area contributed by atoms with Crippen molar-refractivity contribution in [1.29, 1.82) is 0 Å². The van der Waals surface area contributed by atoms with Gasteiger partial charge in [-0.25, -0.2) is 0 Å². The van der Waals surface area contributed by atoms with Crippen LogP contribution in [0, 0.1) is 12.3 Å². The fraction of sp³-hybridized carbons (Fsp3) is 0.200. The minimum absolute atomic E-state index is 1.14. The molecule has 0 amide bonds. The molecule has 3 heteroatoms. The van der Waals surface area contributed by atoms with Crippen LogP contribution in [0.1, 0.15) is 6.92 Å². The Morgan fingerprint density at radius 2 is 2.38 bits per heavy atom. The van der Waals surface area contributed by atoms with Gasteiger partial charge >= 0.3 is 0 Å². The van der Waals surface area contributed by atoms with Crippen LogP contribution in [-0.4, -0.2) is 0 Å². The van der Waals surface area contributed by atoms with Crippen molar-refractivity contribution in [2.45, 2.75) is 6.92 Å². The van der Waals surface area contributed by atoms with E-state index in [2.05, 4.69) is 28.9 Å². The minimum Gasteiger partial charge on any atom is -0.120 e. The van der Waals surface area contributed by atoms with Gasteiger partial charge in [-0.05, 0) is 18.7 Å². The molecule has 0 aliphatic rings. The van der Waals surface area contributed by atoms with Crippen molar-refractivity contribution >= 4 is 0 Å². The van der Waals surface area contributed by atoms with Crippen molar-refractivity contribution in [3.63, 3.8) is 0 Å². The van der Waals surface area contributed by atoms with E-state index in [1.165, 1.54) is 0 Å². The fourth-order valence-electron chi connectivity index (χ4n) is 0.0365. The normalized spacial score (nSPS) is 4.00. The molecule has 0 atom stereocenters. The number of terminal acetylenes is 1. The van der Waals surface area contributed by atoms with Gasteiger partial charge in [0.15, 0.2) is 0 Å². The maximum atomic E-state index is 7.45. The monoisotopic (exact) mass is 109 g/mol. The molecular weight excluding hydrogens is 102 g/mol. The molecular formula is C5H7N3. The first-order chi connectivity index (χ1) is 3.83. The molecule has 0 spiro atoms. The number of azide groups is 1. The summed E-state index contributed by atoms with van der Waals surface area (Å²) in [7, 11) is 0. The quantitative estimate of drug-likeness (QED) is 0.214. The third-order valence-corrected chi connectivity index (χ3v) is 0.133. The molecule has 0 bridgehead atoms. The Morgan fingerprint density at radius 3 is 2.38 bits per heavy atom. The summed E-state index contributed by atoms with van der Waals surface area (Å²) in [4.78, 5) is 2.36. The summed E-state index contributed by atoms with van der Waals surface area (Å²) in [5.41, 5.74) is 7.45. The van der Waals surface area contributed by atoms with Crippen LogP contribution >= 0.6 is 0 Å². The average Bonchev–Trinajstić information content (AvgIpc) is 1.71. The van der Waals surface area contributed by atoms with E-state index in [4.69, 9.17) is 5.53 Å². The topological polar surface area (TPSA) is 48.8 Å². The number of nitrogens with zero attached hydrogens (tertiary/aromatic N) is 3. The van der Waals surface area contributed by atoms with Gasteiger partial charge in [-0.1, -0.05) is 11.7 Å². The number of hydrogen-bond donors (Lipinski definition) is 0. The Balaban J connectivity index is 0. The van der Waals surface area contributed by atoms with Gasteiger partial charge in [0, 0.05) is 4.91 Å². The molecule has 8 heavy (non-hydrogen) atoms. The highest BCUT2D eigenvalue weighted by molar-refractivity contribution is 4.73. The lowest BCUT2D eigenvalue weighted by Crippen LogP contribution is -1.22. The van der Waals surface area contributed by atoms with Crippen molar-refractivity contribution in [2.75, 3.05) is 0 Å². The molecule has 0 rings (SSSR count). The molecule has 0 aliphatic heterocycles. The SMILES string of the molecule is C#CC.C=CN=[N+]=[N-]. The number of hydrogen-bond acceptors (Lipinski definition) is 1. The Kier molecular flexibility index (Phi) is 21.4. The highest BCUT2D eigenvalue weighted by Crippen LogP contribution is 1.61. The van der Waals surface area contributed by atoms with Crippen LogP contribution in [0.15, 0.2) is 17.9 Å². The molecule has 42 valence electrons. The molecule has 0 aliphatic carbocycles. The summed E-state index contributed by atoms with van der Waals surface area (Å²) < 4.78 is 0. The first-order valence-corrected chi connectivity index (χ1v) is 1.86. The van der Waals surface area contributed by atoms with Gasteiger partial charge in [0.25, 0.3) is 0 Å². The third-order valence-electron chi connectivity index (χ3n) is 0.133. The van der Waals surface area contributed by atoms with Crippen molar-refractivity contribution < 1.29 is 0 Å². The van der Waals surface area contributed by atoms with Crippen LogP contribution in [0.3, 0.4) is 0 Å². The molecule has 0 aromatic carbocycles.